The molecule has 0 spiro atoms. The van der Waals surface area contributed by atoms with Gasteiger partial charge in [-0.15, -0.1) is 0 Å². The second-order valence-corrected chi connectivity index (χ2v) is 4.83. The molecule has 0 aromatic heterocycles. The molecule has 0 aromatic rings. The van der Waals surface area contributed by atoms with Crippen molar-refractivity contribution in [3.05, 3.63) is 0 Å². The third-order valence-electron chi connectivity index (χ3n) is 1.93. The molecule has 1 fully saturated rings. The van der Waals surface area contributed by atoms with Gasteiger partial charge in [-0.25, -0.2) is 0 Å². The molecule has 0 aliphatic carbocycles. The van der Waals surface area contributed by atoms with E-state index >= 15 is 0 Å². The van der Waals surface area contributed by atoms with E-state index in [1.807, 2.05) is 0 Å². The van der Waals surface area contributed by atoms with Crippen molar-refractivity contribution >= 4 is 37.0 Å². The van der Waals surface area contributed by atoms with Gasteiger partial charge in [0.1, 0.15) is 0 Å². The first kappa shape index (κ1) is 9.14. The van der Waals surface area contributed by atoms with Crippen LogP contribution in [0.25, 0.3) is 0 Å². The van der Waals surface area contributed by atoms with Crippen LogP contribution in [0.1, 0.15) is 12.8 Å². The van der Waals surface area contributed by atoms with E-state index in [9.17, 15) is 0 Å². The number of hydrogen-bond donors (Lipinski definition) is 2. The summed E-state index contributed by atoms with van der Waals surface area (Å²) in [6.07, 6.45) is 2.71. The summed E-state index contributed by atoms with van der Waals surface area (Å²) in [4.78, 5) is 0. The lowest BCUT2D eigenvalue weighted by Crippen LogP contribution is -2.19. The molecular formula is C7H14S3. The van der Waals surface area contributed by atoms with Gasteiger partial charge >= 0.3 is 0 Å². The summed E-state index contributed by atoms with van der Waals surface area (Å²) in [7, 11) is 0. The standard InChI is InChI=1S/C7H14S3/c8-3-6-1-2-7(4-9)10-5-6/h6-9H,1-5H2. The summed E-state index contributed by atoms with van der Waals surface area (Å²) < 4.78 is 0. The minimum Gasteiger partial charge on any atom is -0.179 e. The maximum atomic E-state index is 4.29. The van der Waals surface area contributed by atoms with Gasteiger partial charge < -0.3 is 0 Å². The number of thioether (sulfide) groups is 1. The molecule has 10 heavy (non-hydrogen) atoms. The van der Waals surface area contributed by atoms with E-state index < -0.39 is 0 Å². The van der Waals surface area contributed by atoms with Crippen LogP contribution >= 0.6 is 37.0 Å². The van der Waals surface area contributed by atoms with E-state index in [4.69, 9.17) is 0 Å². The van der Waals surface area contributed by atoms with Crippen LogP contribution in [0, 0.1) is 5.92 Å². The van der Waals surface area contributed by atoms with Gasteiger partial charge in [0.2, 0.25) is 0 Å². The van der Waals surface area contributed by atoms with Crippen molar-refractivity contribution < 1.29 is 0 Å². The van der Waals surface area contributed by atoms with Crippen molar-refractivity contribution in [3.8, 4) is 0 Å². The number of rotatable bonds is 2. The van der Waals surface area contributed by atoms with E-state index in [0.717, 1.165) is 22.7 Å². The minimum atomic E-state index is 0.819. The molecule has 0 nitrogen and oxygen atoms in total. The molecule has 0 N–H and O–H groups in total. The molecule has 0 aromatic carbocycles. The van der Waals surface area contributed by atoms with Crippen LogP contribution in [-0.4, -0.2) is 22.5 Å². The highest BCUT2D eigenvalue weighted by Crippen LogP contribution is 2.30. The molecule has 0 saturated carbocycles. The van der Waals surface area contributed by atoms with Crippen molar-refractivity contribution in [2.24, 2.45) is 5.92 Å². The molecule has 2 atom stereocenters. The van der Waals surface area contributed by atoms with Crippen molar-refractivity contribution in [3.63, 3.8) is 0 Å². The molecule has 3 heteroatoms. The highest BCUT2D eigenvalue weighted by molar-refractivity contribution is 8.00. The van der Waals surface area contributed by atoms with Gasteiger partial charge in [0, 0.05) is 11.0 Å². The predicted octanol–water partition coefficient (Wildman–Crippen LogP) is 2.36. The van der Waals surface area contributed by atoms with Gasteiger partial charge in [-0.1, -0.05) is 0 Å². The third-order valence-corrected chi connectivity index (χ3v) is 4.67. The average Bonchev–Trinajstić information content (AvgIpc) is 2.05. The topological polar surface area (TPSA) is 0 Å². The van der Waals surface area contributed by atoms with E-state index in [2.05, 4.69) is 37.0 Å². The van der Waals surface area contributed by atoms with E-state index in [1.165, 1.54) is 18.6 Å². The molecule has 1 aliphatic rings. The highest BCUT2D eigenvalue weighted by Gasteiger charge is 2.18. The van der Waals surface area contributed by atoms with E-state index in [1.54, 1.807) is 0 Å². The Kier molecular flexibility index (Phi) is 4.42. The van der Waals surface area contributed by atoms with E-state index in [-0.39, 0.29) is 0 Å². The minimum absolute atomic E-state index is 0.819. The Morgan fingerprint density at radius 1 is 1.20 bits per heavy atom. The van der Waals surface area contributed by atoms with Crippen LogP contribution in [0.4, 0.5) is 0 Å². The smallest absolute Gasteiger partial charge is 0.0135 e. The zero-order chi connectivity index (χ0) is 7.40. The summed E-state index contributed by atoms with van der Waals surface area (Å²) >= 11 is 10.6. The Morgan fingerprint density at radius 3 is 2.40 bits per heavy atom. The van der Waals surface area contributed by atoms with Gasteiger partial charge in [-0.05, 0) is 30.3 Å². The summed E-state index contributed by atoms with van der Waals surface area (Å²) in [5.41, 5.74) is 0. The molecule has 1 heterocycles. The lowest BCUT2D eigenvalue weighted by atomic mass is 10.1. The maximum Gasteiger partial charge on any atom is 0.0135 e. The second kappa shape index (κ2) is 4.83. The van der Waals surface area contributed by atoms with Gasteiger partial charge in [0.25, 0.3) is 0 Å². The van der Waals surface area contributed by atoms with Crippen LogP contribution in [0.5, 0.6) is 0 Å². The Hall–Kier alpha value is 1.05. The Morgan fingerprint density at radius 2 is 2.00 bits per heavy atom. The van der Waals surface area contributed by atoms with Gasteiger partial charge in [0.05, 0.1) is 0 Å². The second-order valence-electron chi connectivity index (χ2n) is 2.76. The largest absolute Gasteiger partial charge is 0.179 e. The zero-order valence-corrected chi connectivity index (χ0v) is 8.60. The summed E-state index contributed by atoms with van der Waals surface area (Å²) in [5.74, 6) is 4.27. The fourth-order valence-corrected chi connectivity index (χ4v) is 3.37. The molecule has 0 amide bonds. The van der Waals surface area contributed by atoms with Crippen molar-refractivity contribution in [1.82, 2.24) is 0 Å². The first-order valence-electron chi connectivity index (χ1n) is 3.70. The van der Waals surface area contributed by atoms with Gasteiger partial charge in [0.15, 0.2) is 0 Å². The van der Waals surface area contributed by atoms with Crippen molar-refractivity contribution in [2.75, 3.05) is 17.3 Å². The van der Waals surface area contributed by atoms with Crippen LogP contribution in [0.3, 0.4) is 0 Å². The monoisotopic (exact) mass is 194 g/mol. The molecule has 1 saturated heterocycles. The molecule has 0 radical (unpaired) electrons. The van der Waals surface area contributed by atoms with Crippen LogP contribution in [0.2, 0.25) is 0 Å². The fourth-order valence-electron chi connectivity index (χ4n) is 1.15. The zero-order valence-electron chi connectivity index (χ0n) is 5.99. The molecule has 1 rings (SSSR count). The van der Waals surface area contributed by atoms with Crippen molar-refractivity contribution in [2.45, 2.75) is 18.1 Å². The lowest BCUT2D eigenvalue weighted by Gasteiger charge is -2.25. The Labute approximate surface area is 78.4 Å². The van der Waals surface area contributed by atoms with Crippen LogP contribution in [0.15, 0.2) is 0 Å². The Balaban J connectivity index is 2.17. The maximum absolute atomic E-state index is 4.29. The predicted molar refractivity (Wildman–Crippen MR) is 56.7 cm³/mol. The van der Waals surface area contributed by atoms with Gasteiger partial charge in [-0.2, -0.15) is 37.0 Å². The lowest BCUT2D eigenvalue weighted by molar-refractivity contribution is 0.553. The number of hydrogen-bond acceptors (Lipinski definition) is 3. The first-order valence-corrected chi connectivity index (χ1v) is 6.01. The SMILES string of the molecule is SCC1CCC(CS)SC1. The molecular weight excluding hydrogens is 180 g/mol. The van der Waals surface area contributed by atoms with Crippen molar-refractivity contribution in [1.29, 1.82) is 0 Å². The first-order chi connectivity index (χ1) is 4.86. The van der Waals surface area contributed by atoms with Crippen LogP contribution in [-0.2, 0) is 0 Å². The summed E-state index contributed by atoms with van der Waals surface area (Å²) in [6, 6.07) is 0. The van der Waals surface area contributed by atoms with E-state index in [0.29, 0.717) is 0 Å². The van der Waals surface area contributed by atoms with Gasteiger partial charge in [-0.3, -0.25) is 0 Å². The highest BCUT2D eigenvalue weighted by atomic mass is 32.2. The molecule has 0 bridgehead atoms. The quantitative estimate of drug-likeness (QED) is 0.636. The third kappa shape index (κ3) is 2.59. The number of thiol groups is 2. The Bertz CT molecular complexity index is 74.9. The van der Waals surface area contributed by atoms with Crippen LogP contribution < -0.4 is 0 Å². The molecule has 1 aliphatic heterocycles. The normalized spacial score (nSPS) is 34.2. The molecule has 60 valence electrons. The summed E-state index contributed by atoms with van der Waals surface area (Å²) in [6.45, 7) is 0. The molecule has 2 unspecified atom stereocenters. The fraction of sp³-hybridized carbons (Fsp3) is 1.00. The average molecular weight is 194 g/mol. The summed E-state index contributed by atoms with van der Waals surface area (Å²) in [5, 5.41) is 0.819.